The Morgan fingerprint density at radius 2 is 1.82 bits per heavy atom. The summed E-state index contributed by atoms with van der Waals surface area (Å²) in [7, 11) is 1.34. The van der Waals surface area contributed by atoms with Crippen LogP contribution in [0.2, 0.25) is 10.0 Å². The first-order chi connectivity index (χ1) is 10.2. The highest BCUT2D eigenvalue weighted by molar-refractivity contribution is 7.71. The fourth-order valence-electron chi connectivity index (χ4n) is 1.92. The molecule has 0 spiro atoms. The van der Waals surface area contributed by atoms with Gasteiger partial charge in [0, 0.05) is 13.6 Å². The average molecular weight is 371 g/mol. The maximum atomic E-state index is 13.1. The van der Waals surface area contributed by atoms with E-state index in [0.29, 0.717) is 12.2 Å². The zero-order valence-corrected chi connectivity index (χ0v) is 13.8. The average Bonchev–Trinajstić information content (AvgIpc) is 2.70. The highest BCUT2D eigenvalue weighted by atomic mass is 35.5. The summed E-state index contributed by atoms with van der Waals surface area (Å²) in [6.45, 7) is 2.42. The summed E-state index contributed by atoms with van der Waals surface area (Å²) in [5.41, 5.74) is 0.556. The highest BCUT2D eigenvalue weighted by Crippen LogP contribution is 2.36. The first-order valence-corrected chi connectivity index (χ1v) is 7.29. The molecule has 0 bridgehead atoms. The lowest BCUT2D eigenvalue weighted by Gasteiger charge is -2.13. The number of benzene rings is 1. The number of nitrogens with one attached hydrogen (secondary N) is 1. The van der Waals surface area contributed by atoms with E-state index < -0.39 is 12.0 Å². The number of halogens is 5. The zero-order valence-electron chi connectivity index (χ0n) is 11.5. The van der Waals surface area contributed by atoms with Crippen LogP contribution >= 0.6 is 35.4 Å². The number of aryl methyl sites for hydroxylation is 1. The molecule has 1 aromatic heterocycles. The van der Waals surface area contributed by atoms with Crippen molar-refractivity contribution in [1.29, 1.82) is 0 Å². The minimum absolute atomic E-state index is 0.0991. The maximum Gasteiger partial charge on any atom is 0.452 e. The molecule has 1 N–H and O–H groups in total. The van der Waals surface area contributed by atoms with E-state index >= 15 is 0 Å². The molecule has 0 atom stereocenters. The van der Waals surface area contributed by atoms with E-state index in [1.165, 1.54) is 19.2 Å². The van der Waals surface area contributed by atoms with Crippen molar-refractivity contribution in [2.24, 2.45) is 7.05 Å². The Balaban J connectivity index is 2.70. The van der Waals surface area contributed by atoms with Gasteiger partial charge < -0.3 is 5.32 Å². The Kier molecular flexibility index (Phi) is 4.74. The van der Waals surface area contributed by atoms with Gasteiger partial charge >= 0.3 is 6.18 Å². The molecule has 22 heavy (non-hydrogen) atoms. The summed E-state index contributed by atoms with van der Waals surface area (Å²) in [6, 6.07) is 2.72. The molecular formula is C12H11Cl2F3N4S. The van der Waals surface area contributed by atoms with Gasteiger partial charge in [0.05, 0.1) is 21.4 Å². The number of rotatable bonds is 3. The lowest BCUT2D eigenvalue weighted by atomic mass is 10.2. The molecule has 0 aliphatic rings. The summed E-state index contributed by atoms with van der Waals surface area (Å²) in [4.78, 5) is 0. The van der Waals surface area contributed by atoms with Crippen LogP contribution < -0.4 is 5.32 Å². The van der Waals surface area contributed by atoms with Crippen molar-refractivity contribution < 1.29 is 13.2 Å². The molecular weight excluding hydrogens is 360 g/mol. The summed E-state index contributed by atoms with van der Waals surface area (Å²) < 4.78 is 41.0. The van der Waals surface area contributed by atoms with Gasteiger partial charge in [0.2, 0.25) is 10.6 Å². The predicted octanol–water partition coefficient (Wildman–Crippen LogP) is 4.70. The molecule has 4 nitrogen and oxygen atoms in total. The second-order valence-corrected chi connectivity index (χ2v) is 5.56. The normalized spacial score (nSPS) is 11.8. The molecule has 0 saturated heterocycles. The molecule has 1 aromatic carbocycles. The standard InChI is InChI=1S/C12H11Cl2F3N4S/c1-3-18-9-7(13)4-6(5-8(9)14)21-10(12(15,16)17)19-20(2)11(21)22/h4-5,18H,3H2,1-2H3. The monoisotopic (exact) mass is 370 g/mol. The van der Waals surface area contributed by atoms with Crippen molar-refractivity contribution in [2.75, 3.05) is 11.9 Å². The number of nitrogens with zero attached hydrogens (tertiary/aromatic N) is 3. The Bertz CT molecular complexity index is 744. The van der Waals surface area contributed by atoms with Gasteiger partial charge in [-0.1, -0.05) is 23.2 Å². The van der Waals surface area contributed by atoms with Gasteiger partial charge in [-0.2, -0.15) is 13.2 Å². The van der Waals surface area contributed by atoms with Gasteiger partial charge in [-0.25, -0.2) is 4.68 Å². The Labute approximate surface area is 139 Å². The number of anilines is 1. The Morgan fingerprint density at radius 1 is 1.27 bits per heavy atom. The molecule has 2 rings (SSSR count). The van der Waals surface area contributed by atoms with Crippen molar-refractivity contribution in [3.8, 4) is 5.69 Å². The zero-order chi connectivity index (χ0) is 16.7. The topological polar surface area (TPSA) is 34.8 Å². The third kappa shape index (κ3) is 3.09. The first-order valence-electron chi connectivity index (χ1n) is 6.13. The van der Waals surface area contributed by atoms with Crippen LogP contribution in [0.5, 0.6) is 0 Å². The van der Waals surface area contributed by atoms with Crippen molar-refractivity contribution in [3.63, 3.8) is 0 Å². The van der Waals surface area contributed by atoms with Crippen molar-refractivity contribution in [3.05, 3.63) is 32.8 Å². The van der Waals surface area contributed by atoms with Crippen LogP contribution in [-0.2, 0) is 13.2 Å². The Morgan fingerprint density at radius 3 is 2.27 bits per heavy atom. The third-order valence-corrected chi connectivity index (χ3v) is 3.86. The summed E-state index contributed by atoms with van der Waals surface area (Å²) in [6.07, 6.45) is -4.66. The predicted molar refractivity (Wildman–Crippen MR) is 82.6 cm³/mol. The van der Waals surface area contributed by atoms with E-state index in [-0.39, 0.29) is 20.5 Å². The van der Waals surface area contributed by atoms with Crippen LogP contribution in [0.3, 0.4) is 0 Å². The minimum Gasteiger partial charge on any atom is -0.383 e. The van der Waals surface area contributed by atoms with Crippen LogP contribution in [0.15, 0.2) is 12.1 Å². The van der Waals surface area contributed by atoms with E-state index in [0.717, 1.165) is 9.25 Å². The van der Waals surface area contributed by atoms with Crippen LogP contribution in [0, 0.1) is 4.77 Å². The lowest BCUT2D eigenvalue weighted by molar-refractivity contribution is -0.146. The molecule has 0 unspecified atom stereocenters. The van der Waals surface area contributed by atoms with E-state index in [9.17, 15) is 13.2 Å². The van der Waals surface area contributed by atoms with Gasteiger partial charge in [0.25, 0.3) is 0 Å². The molecule has 0 aliphatic heterocycles. The first kappa shape index (κ1) is 17.1. The molecule has 0 fully saturated rings. The molecule has 0 aliphatic carbocycles. The van der Waals surface area contributed by atoms with E-state index in [1.807, 2.05) is 6.92 Å². The highest BCUT2D eigenvalue weighted by Gasteiger charge is 2.38. The van der Waals surface area contributed by atoms with Gasteiger partial charge in [0.15, 0.2) is 0 Å². The smallest absolute Gasteiger partial charge is 0.383 e. The van der Waals surface area contributed by atoms with Gasteiger partial charge in [0.1, 0.15) is 0 Å². The molecule has 2 aromatic rings. The second kappa shape index (κ2) is 6.10. The van der Waals surface area contributed by atoms with E-state index in [1.54, 1.807) is 0 Å². The summed E-state index contributed by atoms with van der Waals surface area (Å²) >= 11 is 17.2. The largest absolute Gasteiger partial charge is 0.452 e. The van der Waals surface area contributed by atoms with Crippen LogP contribution in [0.1, 0.15) is 12.7 Å². The molecule has 0 amide bonds. The Hall–Kier alpha value is -1.25. The SMILES string of the molecule is CCNc1c(Cl)cc(-n2c(C(F)(F)F)nn(C)c2=S)cc1Cl. The van der Waals surface area contributed by atoms with E-state index in [4.69, 9.17) is 35.4 Å². The molecule has 120 valence electrons. The molecule has 1 heterocycles. The van der Waals surface area contributed by atoms with Crippen molar-refractivity contribution in [2.45, 2.75) is 13.1 Å². The quantitative estimate of drug-likeness (QED) is 0.795. The van der Waals surface area contributed by atoms with Crippen molar-refractivity contribution >= 4 is 41.1 Å². The minimum atomic E-state index is -4.66. The van der Waals surface area contributed by atoms with Gasteiger partial charge in [-0.3, -0.25) is 4.57 Å². The second-order valence-electron chi connectivity index (χ2n) is 4.38. The fraction of sp³-hybridized carbons (Fsp3) is 0.333. The van der Waals surface area contributed by atoms with E-state index in [2.05, 4.69) is 10.4 Å². The van der Waals surface area contributed by atoms with Gasteiger partial charge in [-0.05, 0) is 31.3 Å². The van der Waals surface area contributed by atoms with Crippen molar-refractivity contribution in [1.82, 2.24) is 14.3 Å². The van der Waals surface area contributed by atoms with Crippen LogP contribution in [-0.4, -0.2) is 20.9 Å². The third-order valence-electron chi connectivity index (χ3n) is 2.82. The number of hydrogen-bond acceptors (Lipinski definition) is 3. The van der Waals surface area contributed by atoms with Crippen LogP contribution in [0.4, 0.5) is 18.9 Å². The fourth-order valence-corrected chi connectivity index (χ4v) is 2.76. The lowest BCUT2D eigenvalue weighted by Crippen LogP contribution is -2.14. The van der Waals surface area contributed by atoms with Crippen LogP contribution in [0.25, 0.3) is 5.69 Å². The molecule has 0 saturated carbocycles. The maximum absolute atomic E-state index is 13.1. The number of aromatic nitrogens is 3. The number of hydrogen-bond donors (Lipinski definition) is 1. The number of alkyl halides is 3. The van der Waals surface area contributed by atoms with Gasteiger partial charge in [-0.15, -0.1) is 5.10 Å². The summed E-state index contributed by atoms with van der Waals surface area (Å²) in [5, 5.41) is 6.76. The molecule has 0 radical (unpaired) electrons. The summed E-state index contributed by atoms with van der Waals surface area (Å²) in [5.74, 6) is -1.14. The molecule has 10 heteroatoms.